The van der Waals surface area contributed by atoms with Crippen LogP contribution >= 0.6 is 0 Å². The molecule has 10 nitrogen and oxygen atoms in total. The molecule has 2 atom stereocenters. The van der Waals surface area contributed by atoms with Crippen LogP contribution in [0, 0.1) is 12.7 Å². The monoisotopic (exact) mass is 507 g/mol. The van der Waals surface area contributed by atoms with E-state index in [1.807, 2.05) is 19.1 Å². The van der Waals surface area contributed by atoms with Crippen LogP contribution in [-0.4, -0.2) is 60.3 Å². The largest absolute Gasteiger partial charge is 0.481 e. The highest BCUT2D eigenvalue weighted by atomic mass is 19.1. The lowest BCUT2D eigenvalue weighted by Crippen LogP contribution is -2.39. The second kappa shape index (κ2) is 11.2. The van der Waals surface area contributed by atoms with Gasteiger partial charge in [0.1, 0.15) is 5.82 Å². The highest BCUT2D eigenvalue weighted by Crippen LogP contribution is 2.36. The van der Waals surface area contributed by atoms with E-state index in [1.54, 1.807) is 19.2 Å². The number of nitrogens with one attached hydrogen (secondary N) is 2. The predicted molar refractivity (Wildman–Crippen MR) is 137 cm³/mol. The van der Waals surface area contributed by atoms with E-state index < -0.39 is 0 Å². The summed E-state index contributed by atoms with van der Waals surface area (Å²) >= 11 is 0. The number of morpholine rings is 1. The Labute approximate surface area is 214 Å². The number of ether oxygens (including phenoxy) is 2. The Morgan fingerprint density at radius 3 is 2.92 bits per heavy atom. The van der Waals surface area contributed by atoms with E-state index in [2.05, 4.69) is 25.7 Å². The van der Waals surface area contributed by atoms with Crippen molar-refractivity contribution in [3.05, 3.63) is 64.7 Å². The summed E-state index contributed by atoms with van der Waals surface area (Å²) in [4.78, 5) is 24.1. The first-order chi connectivity index (χ1) is 18.0. The summed E-state index contributed by atoms with van der Waals surface area (Å²) in [5, 5.41) is 3.31. The number of halogens is 1. The number of hydrogen-bond donors (Lipinski definition) is 3. The predicted octanol–water partition coefficient (Wildman–Crippen LogP) is 2.52. The molecular formula is C26H30FN7O3. The first kappa shape index (κ1) is 25.0. The number of nitrogens with two attached hydrogens (primary N) is 1. The number of hydroxylamine groups is 1. The first-order valence-corrected chi connectivity index (χ1v) is 12.2. The van der Waals surface area contributed by atoms with Crippen LogP contribution in [0.25, 0.3) is 11.3 Å². The van der Waals surface area contributed by atoms with Gasteiger partial charge in [0, 0.05) is 37.6 Å². The molecule has 1 aromatic carbocycles. The van der Waals surface area contributed by atoms with Crippen molar-refractivity contribution < 1.29 is 18.7 Å². The molecule has 0 aliphatic carbocycles. The zero-order valence-corrected chi connectivity index (χ0v) is 20.8. The van der Waals surface area contributed by atoms with Crippen LogP contribution in [0.2, 0.25) is 0 Å². The molecule has 2 unspecified atom stereocenters. The van der Waals surface area contributed by atoms with E-state index in [0.717, 1.165) is 36.3 Å². The zero-order chi connectivity index (χ0) is 25.8. The summed E-state index contributed by atoms with van der Waals surface area (Å²) in [7, 11) is 1.54. The highest BCUT2D eigenvalue weighted by Gasteiger charge is 2.29. The zero-order valence-electron chi connectivity index (χ0n) is 20.8. The first-order valence-electron chi connectivity index (χ1n) is 12.2. The standard InChI is InChI=1S/C26H30FN7O3/c1-15-24-22(33-26(28)30-15)13-21(32-25(24)34-37-10-8-17-14-29-9-11-36-17)18-7-6-16(27)12-19(18)20-4-3-5-23(31-20)35-2/h3-7,12,17,21,29H,8-11,13-14H2,1-2H3,(H,32,34)(H2,28,30,33). The van der Waals surface area contributed by atoms with Gasteiger partial charge in [0.25, 0.3) is 0 Å². The Bertz CT molecular complexity index is 1300. The third-order valence-corrected chi connectivity index (χ3v) is 6.39. The third-order valence-electron chi connectivity index (χ3n) is 6.39. The number of anilines is 1. The Morgan fingerprint density at radius 2 is 2.11 bits per heavy atom. The van der Waals surface area contributed by atoms with Crippen LogP contribution in [0.5, 0.6) is 5.88 Å². The van der Waals surface area contributed by atoms with Gasteiger partial charge < -0.3 is 20.5 Å². The molecule has 2 aliphatic rings. The molecule has 0 amide bonds. The van der Waals surface area contributed by atoms with Gasteiger partial charge in [-0.3, -0.25) is 9.83 Å². The Hall–Kier alpha value is -3.67. The van der Waals surface area contributed by atoms with Gasteiger partial charge in [-0.15, -0.1) is 0 Å². The van der Waals surface area contributed by atoms with Gasteiger partial charge in [0.15, 0.2) is 5.84 Å². The third kappa shape index (κ3) is 5.68. The molecule has 37 heavy (non-hydrogen) atoms. The molecule has 0 saturated carbocycles. The summed E-state index contributed by atoms with van der Waals surface area (Å²) < 4.78 is 25.4. The van der Waals surface area contributed by atoms with Crippen molar-refractivity contribution in [2.45, 2.75) is 31.9 Å². The molecule has 0 bridgehead atoms. The van der Waals surface area contributed by atoms with Gasteiger partial charge in [-0.25, -0.2) is 24.8 Å². The summed E-state index contributed by atoms with van der Waals surface area (Å²) in [6.07, 6.45) is 1.29. The van der Waals surface area contributed by atoms with E-state index in [4.69, 9.17) is 25.0 Å². The summed E-state index contributed by atoms with van der Waals surface area (Å²) in [5.41, 5.74) is 13.2. The van der Waals surface area contributed by atoms with E-state index in [1.165, 1.54) is 12.1 Å². The molecular weight excluding hydrogens is 477 g/mol. The highest BCUT2D eigenvalue weighted by molar-refractivity contribution is 6.01. The summed E-state index contributed by atoms with van der Waals surface area (Å²) in [5.74, 6) is 0.759. The maximum atomic E-state index is 14.4. The number of hydrogen-bond acceptors (Lipinski definition) is 10. The van der Waals surface area contributed by atoms with Crippen molar-refractivity contribution in [2.24, 2.45) is 4.99 Å². The van der Waals surface area contributed by atoms with Gasteiger partial charge in [0.05, 0.1) is 55.1 Å². The molecule has 4 heterocycles. The van der Waals surface area contributed by atoms with Crippen LogP contribution in [-0.2, 0) is 16.0 Å². The fraction of sp³-hybridized carbons (Fsp3) is 0.385. The minimum absolute atomic E-state index is 0.103. The summed E-state index contributed by atoms with van der Waals surface area (Å²) in [6.45, 7) is 4.64. The van der Waals surface area contributed by atoms with Crippen molar-refractivity contribution in [1.29, 1.82) is 0 Å². The Morgan fingerprint density at radius 1 is 1.22 bits per heavy atom. The molecule has 3 aromatic rings. The Balaban J connectivity index is 1.46. The number of nitrogens with zero attached hydrogens (tertiary/aromatic N) is 4. The number of methoxy groups -OCH3 is 1. The van der Waals surface area contributed by atoms with Crippen molar-refractivity contribution >= 4 is 11.8 Å². The average molecular weight is 508 g/mol. The molecule has 11 heteroatoms. The van der Waals surface area contributed by atoms with Crippen LogP contribution in [0.4, 0.5) is 10.3 Å². The maximum absolute atomic E-state index is 14.4. The minimum atomic E-state index is -0.387. The lowest BCUT2D eigenvalue weighted by atomic mass is 9.91. The number of aromatic nitrogens is 3. The molecule has 0 spiro atoms. The van der Waals surface area contributed by atoms with Crippen LogP contribution in [0.15, 0.2) is 41.4 Å². The van der Waals surface area contributed by atoms with Gasteiger partial charge in [0.2, 0.25) is 11.8 Å². The van der Waals surface area contributed by atoms with Gasteiger partial charge in [-0.2, -0.15) is 0 Å². The second-order valence-corrected chi connectivity index (χ2v) is 8.92. The minimum Gasteiger partial charge on any atom is -0.481 e. The van der Waals surface area contributed by atoms with E-state index in [-0.39, 0.29) is 23.9 Å². The molecule has 2 aromatic heterocycles. The van der Waals surface area contributed by atoms with Gasteiger partial charge >= 0.3 is 0 Å². The number of pyridine rings is 1. The topological polar surface area (TPSA) is 129 Å². The molecule has 5 rings (SSSR count). The van der Waals surface area contributed by atoms with Crippen molar-refractivity contribution in [3.63, 3.8) is 0 Å². The van der Waals surface area contributed by atoms with Crippen LogP contribution in [0.3, 0.4) is 0 Å². The molecule has 2 aliphatic heterocycles. The van der Waals surface area contributed by atoms with Gasteiger partial charge in [-0.05, 0) is 30.7 Å². The smallest absolute Gasteiger partial charge is 0.220 e. The number of nitrogen functional groups attached to an aromatic ring is 1. The van der Waals surface area contributed by atoms with Crippen LogP contribution < -0.4 is 21.3 Å². The summed E-state index contributed by atoms with van der Waals surface area (Å²) in [6, 6.07) is 9.60. The molecule has 1 fully saturated rings. The molecule has 0 radical (unpaired) electrons. The van der Waals surface area contributed by atoms with Crippen molar-refractivity contribution in [3.8, 4) is 17.1 Å². The maximum Gasteiger partial charge on any atom is 0.220 e. The fourth-order valence-corrected chi connectivity index (χ4v) is 4.65. The Kier molecular flexibility index (Phi) is 7.54. The lowest BCUT2D eigenvalue weighted by Gasteiger charge is -2.26. The number of aliphatic imine (C=N–C) groups is 1. The van der Waals surface area contributed by atoms with Crippen molar-refractivity contribution in [1.82, 2.24) is 25.7 Å². The number of benzene rings is 1. The number of amidine groups is 1. The quantitative estimate of drug-likeness (QED) is 0.326. The average Bonchev–Trinajstić information content (AvgIpc) is 2.91. The van der Waals surface area contributed by atoms with E-state index in [0.29, 0.717) is 48.3 Å². The molecule has 1 saturated heterocycles. The molecule has 4 N–H and O–H groups in total. The normalized spacial score (nSPS) is 19.2. The number of rotatable bonds is 7. The van der Waals surface area contributed by atoms with Crippen LogP contribution in [0.1, 0.15) is 35.0 Å². The second-order valence-electron chi connectivity index (χ2n) is 8.92. The lowest BCUT2D eigenvalue weighted by molar-refractivity contribution is -0.00675. The van der Waals surface area contributed by atoms with E-state index in [9.17, 15) is 4.39 Å². The fourth-order valence-electron chi connectivity index (χ4n) is 4.65. The van der Waals surface area contributed by atoms with Crippen molar-refractivity contribution in [2.75, 3.05) is 39.1 Å². The number of fused-ring (bicyclic) bond motifs is 1. The molecule has 194 valence electrons. The number of aryl methyl sites for hydroxylation is 1. The SMILES string of the molecule is COc1cccc(-c2cc(F)ccc2C2Cc3nc(N)nc(C)c3C(NOCCC3CNCCO3)=N2)n1. The van der Waals surface area contributed by atoms with Gasteiger partial charge in [-0.1, -0.05) is 12.1 Å². The van der Waals surface area contributed by atoms with E-state index >= 15 is 0 Å².